The number of nitrogens with zero attached hydrogens (tertiary/aromatic N) is 2. The molecule has 3 aromatic heterocycles. The van der Waals surface area contributed by atoms with Gasteiger partial charge in [0.05, 0.1) is 22.7 Å². The van der Waals surface area contributed by atoms with E-state index >= 15 is 4.39 Å². The van der Waals surface area contributed by atoms with Gasteiger partial charge in [-0.15, -0.1) is 0 Å². The van der Waals surface area contributed by atoms with E-state index in [1.54, 1.807) is 33.0 Å². The van der Waals surface area contributed by atoms with Crippen LogP contribution in [-0.4, -0.2) is 35.1 Å². The zero-order chi connectivity index (χ0) is 23.9. The number of halogens is 2. The van der Waals surface area contributed by atoms with Gasteiger partial charge in [0, 0.05) is 34.5 Å². The van der Waals surface area contributed by atoms with Crippen molar-refractivity contribution in [2.24, 2.45) is 0 Å². The van der Waals surface area contributed by atoms with Crippen molar-refractivity contribution in [1.29, 1.82) is 0 Å². The number of aromatic amines is 1. The molecule has 4 aromatic rings. The number of fused-ring (bicyclic) bond motifs is 1. The summed E-state index contributed by atoms with van der Waals surface area (Å²) in [6.45, 7) is 5.14. The number of carbonyl (C=O) groups is 1. The van der Waals surface area contributed by atoms with Crippen molar-refractivity contribution >= 4 is 32.5 Å². The van der Waals surface area contributed by atoms with Crippen LogP contribution in [0.1, 0.15) is 40.7 Å². The average molecular weight is 474 g/mol. The molecule has 1 aromatic carbocycles. The number of pyridine rings is 1. The van der Waals surface area contributed by atoms with Gasteiger partial charge in [0.2, 0.25) is 15.8 Å². The zero-order valence-corrected chi connectivity index (χ0v) is 18.8. The first kappa shape index (κ1) is 22.6. The molecule has 0 aliphatic heterocycles. The van der Waals surface area contributed by atoms with Gasteiger partial charge in [-0.05, 0) is 38.5 Å². The molecule has 172 valence electrons. The summed E-state index contributed by atoms with van der Waals surface area (Å²) in [6, 6.07) is 3.45. The average Bonchev–Trinajstić information content (AvgIpc) is 3.32. The molecule has 11 heteroatoms. The molecular formula is C22H20F2N4O4S. The quantitative estimate of drug-likeness (QED) is 0.381. The molecule has 0 spiro atoms. The molecule has 0 bridgehead atoms. The summed E-state index contributed by atoms with van der Waals surface area (Å²) < 4.78 is 61.0. The predicted molar refractivity (Wildman–Crippen MR) is 119 cm³/mol. The van der Waals surface area contributed by atoms with Gasteiger partial charge in [-0.25, -0.2) is 22.2 Å². The lowest BCUT2D eigenvalue weighted by Crippen LogP contribution is -2.18. The van der Waals surface area contributed by atoms with Gasteiger partial charge in [0.15, 0.2) is 5.82 Å². The highest BCUT2D eigenvalue weighted by Crippen LogP contribution is 2.31. The number of hydrogen-bond donors (Lipinski definition) is 2. The van der Waals surface area contributed by atoms with Crippen molar-refractivity contribution in [1.82, 2.24) is 15.1 Å². The number of H-pyrrole nitrogens is 1. The van der Waals surface area contributed by atoms with Crippen LogP contribution in [0.25, 0.3) is 22.2 Å². The molecule has 3 heterocycles. The molecule has 0 aliphatic carbocycles. The summed E-state index contributed by atoms with van der Waals surface area (Å²) in [5, 5.41) is 4.25. The summed E-state index contributed by atoms with van der Waals surface area (Å²) in [7, 11) is -3.84. The SMILES string of the molecule is CCCS(=O)(=O)Nc1ccc(F)c(C(=O)c2c[nH]c3ncc(-c4c(C)noc4C)cc23)c1F. The molecule has 0 radical (unpaired) electrons. The second kappa shape index (κ2) is 8.39. The number of ketones is 1. The van der Waals surface area contributed by atoms with Crippen LogP contribution in [0.5, 0.6) is 0 Å². The number of benzene rings is 1. The Hall–Kier alpha value is -3.60. The number of hydrogen-bond acceptors (Lipinski definition) is 6. The van der Waals surface area contributed by atoms with Crippen molar-refractivity contribution in [3.63, 3.8) is 0 Å². The van der Waals surface area contributed by atoms with E-state index in [4.69, 9.17) is 4.52 Å². The third-order valence-electron chi connectivity index (χ3n) is 5.15. The van der Waals surface area contributed by atoms with E-state index in [1.165, 1.54) is 6.20 Å². The van der Waals surface area contributed by atoms with Gasteiger partial charge in [-0.1, -0.05) is 12.1 Å². The maximum absolute atomic E-state index is 15.1. The fourth-order valence-corrected chi connectivity index (χ4v) is 4.82. The largest absolute Gasteiger partial charge is 0.361 e. The van der Waals surface area contributed by atoms with Crippen LogP contribution in [0.4, 0.5) is 14.5 Å². The molecule has 0 fully saturated rings. The number of carbonyl (C=O) groups excluding carboxylic acids is 1. The number of anilines is 1. The van der Waals surface area contributed by atoms with Crippen LogP contribution in [0.2, 0.25) is 0 Å². The van der Waals surface area contributed by atoms with E-state index in [2.05, 4.69) is 19.8 Å². The fourth-order valence-electron chi connectivity index (χ4n) is 3.68. The summed E-state index contributed by atoms with van der Waals surface area (Å²) in [5.41, 5.74) is 0.911. The monoisotopic (exact) mass is 474 g/mol. The van der Waals surface area contributed by atoms with E-state index < -0.39 is 38.7 Å². The Morgan fingerprint density at radius 3 is 2.67 bits per heavy atom. The molecule has 0 amide bonds. The first-order valence-electron chi connectivity index (χ1n) is 10.1. The molecule has 2 N–H and O–H groups in total. The lowest BCUT2D eigenvalue weighted by Gasteiger charge is -2.11. The Kier molecular flexibility index (Phi) is 5.75. The van der Waals surface area contributed by atoms with Crippen LogP contribution >= 0.6 is 0 Å². The van der Waals surface area contributed by atoms with E-state index in [9.17, 15) is 17.6 Å². The number of rotatable bonds is 7. The van der Waals surface area contributed by atoms with Crippen LogP contribution < -0.4 is 4.72 Å². The van der Waals surface area contributed by atoms with Crippen LogP contribution in [0.15, 0.2) is 35.1 Å². The van der Waals surface area contributed by atoms with Crippen molar-refractivity contribution in [3.8, 4) is 11.1 Å². The lowest BCUT2D eigenvalue weighted by atomic mass is 9.99. The van der Waals surface area contributed by atoms with Crippen molar-refractivity contribution in [3.05, 3.63) is 64.8 Å². The minimum Gasteiger partial charge on any atom is -0.361 e. The van der Waals surface area contributed by atoms with Gasteiger partial charge >= 0.3 is 0 Å². The second-order valence-corrected chi connectivity index (χ2v) is 9.40. The van der Waals surface area contributed by atoms with Crippen molar-refractivity contribution in [2.45, 2.75) is 27.2 Å². The van der Waals surface area contributed by atoms with Crippen LogP contribution in [-0.2, 0) is 10.0 Å². The molecule has 0 saturated heterocycles. The topological polar surface area (TPSA) is 118 Å². The van der Waals surface area contributed by atoms with Gasteiger partial charge in [-0.2, -0.15) is 0 Å². The van der Waals surface area contributed by atoms with E-state index in [0.717, 1.165) is 12.1 Å². The third kappa shape index (κ3) is 4.11. The summed E-state index contributed by atoms with van der Waals surface area (Å²) in [5.74, 6) is -3.04. The first-order chi connectivity index (χ1) is 15.6. The van der Waals surface area contributed by atoms with Crippen LogP contribution in [0, 0.1) is 25.5 Å². The first-order valence-corrected chi connectivity index (χ1v) is 11.7. The second-order valence-electron chi connectivity index (χ2n) is 7.56. The standard InChI is InChI=1S/C22H20F2N4O4S/c1-4-7-33(30,31)28-17-6-5-16(23)19(20(17)24)21(29)15-10-26-22-14(15)8-13(9-25-22)18-11(2)27-32-12(18)3/h5-6,8-10,28H,4,7H2,1-3H3,(H,25,26). The molecule has 33 heavy (non-hydrogen) atoms. The maximum Gasteiger partial charge on any atom is 0.232 e. The van der Waals surface area contributed by atoms with Gasteiger partial charge in [-0.3, -0.25) is 9.52 Å². The Labute approximate surface area is 188 Å². The molecular weight excluding hydrogens is 454 g/mol. The number of aromatic nitrogens is 3. The Balaban J connectivity index is 1.81. The smallest absolute Gasteiger partial charge is 0.232 e. The van der Waals surface area contributed by atoms with Gasteiger partial charge < -0.3 is 9.51 Å². The maximum atomic E-state index is 15.1. The molecule has 8 nitrogen and oxygen atoms in total. The normalized spacial score (nSPS) is 11.8. The highest BCUT2D eigenvalue weighted by Gasteiger charge is 2.26. The van der Waals surface area contributed by atoms with Crippen molar-refractivity contribution < 1.29 is 26.5 Å². The molecule has 0 atom stereocenters. The molecule has 4 rings (SSSR count). The van der Waals surface area contributed by atoms with E-state index in [-0.39, 0.29) is 11.3 Å². The van der Waals surface area contributed by atoms with Gasteiger partial charge in [0.1, 0.15) is 17.2 Å². The number of nitrogens with one attached hydrogen (secondary N) is 2. The third-order valence-corrected chi connectivity index (χ3v) is 6.63. The molecule has 0 aliphatic rings. The zero-order valence-electron chi connectivity index (χ0n) is 18.0. The summed E-state index contributed by atoms with van der Waals surface area (Å²) >= 11 is 0. The Morgan fingerprint density at radius 2 is 2.00 bits per heavy atom. The highest BCUT2D eigenvalue weighted by atomic mass is 32.2. The fraction of sp³-hybridized carbons (Fsp3) is 0.227. The minimum absolute atomic E-state index is 0.0162. The molecule has 0 saturated carbocycles. The van der Waals surface area contributed by atoms with Crippen LogP contribution in [0.3, 0.4) is 0 Å². The lowest BCUT2D eigenvalue weighted by molar-refractivity contribution is 0.103. The summed E-state index contributed by atoms with van der Waals surface area (Å²) in [4.78, 5) is 20.3. The van der Waals surface area contributed by atoms with Crippen molar-refractivity contribution in [2.75, 3.05) is 10.5 Å². The molecule has 0 unspecified atom stereocenters. The van der Waals surface area contributed by atoms with Gasteiger partial charge in [0.25, 0.3) is 0 Å². The predicted octanol–water partition coefficient (Wildman–Crippen LogP) is 4.50. The summed E-state index contributed by atoms with van der Waals surface area (Å²) in [6.07, 6.45) is 3.19. The van der Waals surface area contributed by atoms with E-state index in [0.29, 0.717) is 40.0 Å². The number of aryl methyl sites for hydroxylation is 2. The Morgan fingerprint density at radius 1 is 1.24 bits per heavy atom. The van der Waals surface area contributed by atoms with E-state index in [1.807, 2.05) is 0 Å². The Bertz CT molecular complexity index is 1470. The minimum atomic E-state index is -3.84. The highest BCUT2D eigenvalue weighted by molar-refractivity contribution is 7.92. The number of sulfonamides is 1.